The van der Waals surface area contributed by atoms with Crippen LogP contribution in [0.5, 0.6) is 0 Å². The lowest BCUT2D eigenvalue weighted by molar-refractivity contribution is 0.173. The highest BCUT2D eigenvalue weighted by atomic mass is 16.3. The van der Waals surface area contributed by atoms with Crippen molar-refractivity contribution in [3.8, 4) is 0 Å². The molecule has 2 heteroatoms. The molecular weight excluding hydrogens is 210 g/mol. The maximum Gasteiger partial charge on any atom is 0.0787 e. The van der Waals surface area contributed by atoms with Crippen LogP contribution in [-0.4, -0.2) is 17.7 Å². The predicted molar refractivity (Wildman–Crippen MR) is 72.3 cm³/mol. The molecule has 0 aliphatic carbocycles. The molecule has 1 fully saturated rings. The van der Waals surface area contributed by atoms with Gasteiger partial charge in [0.1, 0.15) is 0 Å². The summed E-state index contributed by atoms with van der Waals surface area (Å²) in [5.41, 5.74) is 2.31. The van der Waals surface area contributed by atoms with Crippen LogP contribution in [0.15, 0.2) is 24.3 Å². The molecule has 1 aromatic carbocycles. The summed E-state index contributed by atoms with van der Waals surface area (Å²) in [5.74, 6) is 0.783. The van der Waals surface area contributed by atoms with Crippen molar-refractivity contribution in [2.45, 2.75) is 45.8 Å². The molecule has 1 aliphatic heterocycles. The topological polar surface area (TPSA) is 23.5 Å². The molecule has 1 N–H and O–H groups in total. The second-order valence-corrected chi connectivity index (χ2v) is 5.36. The van der Waals surface area contributed by atoms with E-state index in [4.69, 9.17) is 0 Å². The van der Waals surface area contributed by atoms with Gasteiger partial charge in [0.2, 0.25) is 0 Å². The lowest BCUT2D eigenvalue weighted by Crippen LogP contribution is -2.26. The predicted octanol–water partition coefficient (Wildman–Crippen LogP) is 3.36. The van der Waals surface area contributed by atoms with Gasteiger partial charge in [0.25, 0.3) is 0 Å². The fraction of sp³-hybridized carbons (Fsp3) is 0.600. The van der Waals surface area contributed by atoms with Gasteiger partial charge < -0.3 is 10.0 Å². The Bertz CT molecular complexity index is 360. The van der Waals surface area contributed by atoms with E-state index in [0.29, 0.717) is 6.04 Å². The van der Waals surface area contributed by atoms with E-state index in [-0.39, 0.29) is 6.10 Å². The second-order valence-electron chi connectivity index (χ2n) is 5.36. The quantitative estimate of drug-likeness (QED) is 0.865. The first-order chi connectivity index (χ1) is 8.11. The van der Waals surface area contributed by atoms with Crippen molar-refractivity contribution in [2.24, 2.45) is 5.92 Å². The zero-order valence-electron chi connectivity index (χ0n) is 11.1. The fourth-order valence-corrected chi connectivity index (χ4v) is 2.78. The number of aliphatic hydroxyl groups excluding tert-OH is 1. The Labute approximate surface area is 104 Å². The molecule has 1 aromatic rings. The van der Waals surface area contributed by atoms with Crippen LogP contribution in [0, 0.1) is 5.92 Å². The molecule has 2 unspecified atom stereocenters. The number of anilines is 1. The van der Waals surface area contributed by atoms with Crippen LogP contribution in [0.3, 0.4) is 0 Å². The largest absolute Gasteiger partial charge is 0.388 e. The van der Waals surface area contributed by atoms with Gasteiger partial charge in [-0.3, -0.25) is 0 Å². The molecule has 17 heavy (non-hydrogen) atoms. The molecular formula is C15H23NO. The minimum atomic E-state index is -0.320. The smallest absolute Gasteiger partial charge is 0.0787 e. The first kappa shape index (κ1) is 12.4. The Morgan fingerprint density at radius 2 is 1.94 bits per heavy atom. The standard InChI is InChI=1S/C15H23NO/c1-4-15(17)13-5-7-14(8-6-13)16-10-11(2)9-12(16)3/h5-8,11-12,15,17H,4,9-10H2,1-3H3/t11?,12?,15-/m0/s1. The Morgan fingerprint density at radius 1 is 1.29 bits per heavy atom. The van der Waals surface area contributed by atoms with Crippen molar-refractivity contribution >= 4 is 5.69 Å². The Balaban J connectivity index is 2.13. The normalized spacial score (nSPS) is 26.2. The number of benzene rings is 1. The summed E-state index contributed by atoms with van der Waals surface area (Å²) < 4.78 is 0. The molecule has 0 aromatic heterocycles. The van der Waals surface area contributed by atoms with Gasteiger partial charge in [0.15, 0.2) is 0 Å². The SMILES string of the molecule is CC[C@H](O)c1ccc(N2CC(C)CC2C)cc1. The van der Waals surface area contributed by atoms with Gasteiger partial charge in [-0.05, 0) is 43.4 Å². The van der Waals surface area contributed by atoms with Gasteiger partial charge >= 0.3 is 0 Å². The third-order valence-corrected chi connectivity index (χ3v) is 3.78. The molecule has 0 bridgehead atoms. The first-order valence-corrected chi connectivity index (χ1v) is 6.66. The molecule has 1 saturated heterocycles. The Hall–Kier alpha value is -1.02. The van der Waals surface area contributed by atoms with E-state index in [9.17, 15) is 5.11 Å². The number of hydrogen-bond acceptors (Lipinski definition) is 2. The molecule has 2 rings (SSSR count). The van der Waals surface area contributed by atoms with Gasteiger partial charge in [-0.1, -0.05) is 26.0 Å². The zero-order chi connectivity index (χ0) is 12.4. The van der Waals surface area contributed by atoms with Crippen molar-refractivity contribution in [1.29, 1.82) is 0 Å². The van der Waals surface area contributed by atoms with Crippen LogP contribution in [0.2, 0.25) is 0 Å². The third-order valence-electron chi connectivity index (χ3n) is 3.78. The first-order valence-electron chi connectivity index (χ1n) is 6.66. The maximum absolute atomic E-state index is 9.77. The highest BCUT2D eigenvalue weighted by molar-refractivity contribution is 5.49. The van der Waals surface area contributed by atoms with E-state index in [1.54, 1.807) is 0 Å². The molecule has 3 atom stereocenters. The second kappa shape index (κ2) is 5.09. The number of aliphatic hydroxyl groups is 1. The summed E-state index contributed by atoms with van der Waals surface area (Å²) in [6, 6.07) is 9.02. The van der Waals surface area contributed by atoms with Crippen molar-refractivity contribution in [3.05, 3.63) is 29.8 Å². The molecule has 0 radical (unpaired) electrons. The maximum atomic E-state index is 9.77. The van der Waals surface area contributed by atoms with Crippen LogP contribution in [-0.2, 0) is 0 Å². The van der Waals surface area contributed by atoms with E-state index >= 15 is 0 Å². The molecule has 0 spiro atoms. The Kier molecular flexibility index (Phi) is 3.72. The molecule has 0 saturated carbocycles. The van der Waals surface area contributed by atoms with Crippen molar-refractivity contribution in [3.63, 3.8) is 0 Å². The zero-order valence-corrected chi connectivity index (χ0v) is 11.1. The summed E-state index contributed by atoms with van der Waals surface area (Å²) in [6.07, 6.45) is 1.73. The monoisotopic (exact) mass is 233 g/mol. The van der Waals surface area contributed by atoms with E-state index < -0.39 is 0 Å². The number of hydrogen-bond donors (Lipinski definition) is 1. The lowest BCUT2D eigenvalue weighted by atomic mass is 10.1. The van der Waals surface area contributed by atoms with E-state index in [1.165, 1.54) is 12.1 Å². The highest BCUT2D eigenvalue weighted by Gasteiger charge is 2.26. The summed E-state index contributed by atoms with van der Waals surface area (Å²) in [7, 11) is 0. The summed E-state index contributed by atoms with van der Waals surface area (Å²) in [4.78, 5) is 2.47. The van der Waals surface area contributed by atoms with Crippen molar-refractivity contribution in [2.75, 3.05) is 11.4 Å². The van der Waals surface area contributed by atoms with Crippen LogP contribution >= 0.6 is 0 Å². The minimum Gasteiger partial charge on any atom is -0.388 e. The summed E-state index contributed by atoms with van der Waals surface area (Å²) >= 11 is 0. The van der Waals surface area contributed by atoms with Crippen LogP contribution in [0.1, 0.15) is 45.3 Å². The van der Waals surface area contributed by atoms with E-state index in [2.05, 4.69) is 43.0 Å². The van der Waals surface area contributed by atoms with Crippen molar-refractivity contribution in [1.82, 2.24) is 0 Å². The molecule has 1 aliphatic rings. The van der Waals surface area contributed by atoms with Gasteiger partial charge in [0.05, 0.1) is 6.10 Å². The van der Waals surface area contributed by atoms with Crippen LogP contribution < -0.4 is 4.90 Å². The minimum absolute atomic E-state index is 0.320. The fourth-order valence-electron chi connectivity index (χ4n) is 2.78. The molecule has 2 nitrogen and oxygen atoms in total. The number of nitrogens with zero attached hydrogens (tertiary/aromatic N) is 1. The van der Waals surface area contributed by atoms with Crippen LogP contribution in [0.4, 0.5) is 5.69 Å². The summed E-state index contributed by atoms with van der Waals surface area (Å²) in [6.45, 7) is 7.75. The average molecular weight is 233 g/mol. The van der Waals surface area contributed by atoms with Crippen molar-refractivity contribution < 1.29 is 5.11 Å². The van der Waals surface area contributed by atoms with Crippen LogP contribution in [0.25, 0.3) is 0 Å². The van der Waals surface area contributed by atoms with Gasteiger partial charge in [-0.2, -0.15) is 0 Å². The number of rotatable bonds is 3. The molecule has 1 heterocycles. The molecule has 94 valence electrons. The highest BCUT2D eigenvalue weighted by Crippen LogP contribution is 2.29. The van der Waals surface area contributed by atoms with Gasteiger partial charge in [-0.15, -0.1) is 0 Å². The van der Waals surface area contributed by atoms with Gasteiger partial charge in [0, 0.05) is 18.3 Å². The third kappa shape index (κ3) is 2.63. The summed E-state index contributed by atoms with van der Waals surface area (Å²) in [5, 5.41) is 9.77. The lowest BCUT2D eigenvalue weighted by Gasteiger charge is -2.24. The van der Waals surface area contributed by atoms with E-state index in [0.717, 1.165) is 24.4 Å². The van der Waals surface area contributed by atoms with E-state index in [1.807, 2.05) is 6.92 Å². The Morgan fingerprint density at radius 3 is 2.41 bits per heavy atom. The molecule has 0 amide bonds. The average Bonchev–Trinajstić information content (AvgIpc) is 2.68. The van der Waals surface area contributed by atoms with Gasteiger partial charge in [-0.25, -0.2) is 0 Å².